The molecule has 2 N–H and O–H groups in total. The highest BCUT2D eigenvalue weighted by Crippen LogP contribution is 2.16. The van der Waals surface area contributed by atoms with Crippen LogP contribution >= 0.6 is 0 Å². The first-order chi connectivity index (χ1) is 6.24. The molecule has 72 valence electrons. The maximum absolute atomic E-state index is 11.8. The summed E-state index contributed by atoms with van der Waals surface area (Å²) in [4.78, 5) is 3.80. The van der Waals surface area contributed by atoms with Crippen molar-refractivity contribution >= 4 is 0 Å². The lowest BCUT2D eigenvalue weighted by Crippen LogP contribution is -2.09. The molecule has 0 saturated carbocycles. The average Bonchev–Trinajstić information content (AvgIpc) is 2.15. The molecule has 0 radical (unpaired) electrons. The van der Waals surface area contributed by atoms with Gasteiger partial charge in [-0.3, -0.25) is 4.98 Å². The maximum Gasteiger partial charge on any atom is 0.272 e. The molecule has 0 aromatic carbocycles. The fourth-order valence-corrected chi connectivity index (χ4v) is 0.861. The van der Waals surface area contributed by atoms with Crippen LogP contribution in [0, 0.1) is 0 Å². The van der Waals surface area contributed by atoms with E-state index in [9.17, 15) is 8.78 Å². The van der Waals surface area contributed by atoms with Gasteiger partial charge in [0.25, 0.3) is 6.43 Å². The summed E-state index contributed by atoms with van der Waals surface area (Å²) in [6.07, 6.45) is 0.500. The standard InChI is InChI=1S/C8H10F2N2O/c9-8(10)5-13-7-1-2-12-4-6(7)3-11/h1-2,4,8H,3,5,11H2. The van der Waals surface area contributed by atoms with Crippen molar-refractivity contribution < 1.29 is 13.5 Å². The molecule has 0 unspecified atom stereocenters. The van der Waals surface area contributed by atoms with Crippen molar-refractivity contribution in [3.8, 4) is 5.75 Å². The van der Waals surface area contributed by atoms with Crippen molar-refractivity contribution in [1.29, 1.82) is 0 Å². The number of pyridine rings is 1. The fraction of sp³-hybridized carbons (Fsp3) is 0.375. The molecule has 0 fully saturated rings. The Hall–Kier alpha value is -1.23. The Morgan fingerprint density at radius 2 is 2.31 bits per heavy atom. The second kappa shape index (κ2) is 4.71. The minimum absolute atomic E-state index is 0.229. The first-order valence-electron chi connectivity index (χ1n) is 3.78. The summed E-state index contributed by atoms with van der Waals surface area (Å²) < 4.78 is 28.4. The number of aromatic nitrogens is 1. The number of rotatable bonds is 4. The van der Waals surface area contributed by atoms with Gasteiger partial charge in [0.05, 0.1) is 0 Å². The number of nitrogens with two attached hydrogens (primary N) is 1. The topological polar surface area (TPSA) is 48.1 Å². The summed E-state index contributed by atoms with van der Waals surface area (Å²) in [5.74, 6) is 0.373. The van der Waals surface area contributed by atoms with Crippen LogP contribution in [-0.2, 0) is 6.54 Å². The molecule has 0 aliphatic rings. The number of hydrogen-bond acceptors (Lipinski definition) is 3. The van der Waals surface area contributed by atoms with E-state index in [2.05, 4.69) is 4.98 Å². The molecule has 3 nitrogen and oxygen atoms in total. The summed E-state index contributed by atoms with van der Waals surface area (Å²) in [5.41, 5.74) is 5.98. The van der Waals surface area contributed by atoms with Crippen LogP contribution in [0.1, 0.15) is 5.56 Å². The number of halogens is 2. The van der Waals surface area contributed by atoms with Gasteiger partial charge in [0.2, 0.25) is 0 Å². The maximum atomic E-state index is 11.8. The van der Waals surface area contributed by atoms with Gasteiger partial charge in [-0.25, -0.2) is 8.78 Å². The highest BCUT2D eigenvalue weighted by molar-refractivity contribution is 5.29. The van der Waals surface area contributed by atoms with Crippen LogP contribution in [0.5, 0.6) is 5.75 Å². The number of ether oxygens (including phenoxy) is 1. The minimum atomic E-state index is -2.47. The van der Waals surface area contributed by atoms with E-state index in [0.717, 1.165) is 0 Å². The summed E-state index contributed by atoms with van der Waals surface area (Å²) in [6.45, 7) is -0.385. The molecule has 0 bridgehead atoms. The molecule has 1 heterocycles. The predicted molar refractivity (Wildman–Crippen MR) is 43.6 cm³/mol. The third kappa shape index (κ3) is 2.95. The predicted octanol–water partition coefficient (Wildman–Crippen LogP) is 1.18. The van der Waals surface area contributed by atoms with E-state index < -0.39 is 13.0 Å². The third-order valence-electron chi connectivity index (χ3n) is 1.44. The number of nitrogens with zero attached hydrogens (tertiary/aromatic N) is 1. The van der Waals surface area contributed by atoms with Crippen LogP contribution in [0.3, 0.4) is 0 Å². The van der Waals surface area contributed by atoms with Crippen LogP contribution in [0.4, 0.5) is 8.78 Å². The van der Waals surface area contributed by atoms with Gasteiger partial charge in [-0.15, -0.1) is 0 Å². The molecule has 1 aromatic heterocycles. The largest absolute Gasteiger partial charge is 0.487 e. The molecule has 0 aliphatic carbocycles. The smallest absolute Gasteiger partial charge is 0.272 e. The second-order valence-electron chi connectivity index (χ2n) is 2.39. The lowest BCUT2D eigenvalue weighted by atomic mass is 10.2. The van der Waals surface area contributed by atoms with Gasteiger partial charge >= 0.3 is 0 Å². The van der Waals surface area contributed by atoms with Crippen LogP contribution < -0.4 is 10.5 Å². The quantitative estimate of drug-likeness (QED) is 0.771. The molecule has 0 aliphatic heterocycles. The molecular formula is C8H10F2N2O. The van der Waals surface area contributed by atoms with E-state index in [1.54, 1.807) is 0 Å². The van der Waals surface area contributed by atoms with E-state index >= 15 is 0 Å². The molecule has 0 atom stereocenters. The third-order valence-corrected chi connectivity index (χ3v) is 1.44. The van der Waals surface area contributed by atoms with Crippen molar-refractivity contribution in [2.24, 2.45) is 5.73 Å². The first-order valence-corrected chi connectivity index (χ1v) is 3.78. The highest BCUT2D eigenvalue weighted by atomic mass is 19.3. The Balaban J connectivity index is 2.64. The van der Waals surface area contributed by atoms with Crippen molar-refractivity contribution in [3.05, 3.63) is 24.0 Å². The molecule has 1 rings (SSSR count). The van der Waals surface area contributed by atoms with Gasteiger partial charge in [-0.05, 0) is 6.07 Å². The van der Waals surface area contributed by atoms with Crippen molar-refractivity contribution in [3.63, 3.8) is 0 Å². The normalized spacial score (nSPS) is 10.5. The molecule has 0 spiro atoms. The van der Waals surface area contributed by atoms with Gasteiger partial charge in [-0.1, -0.05) is 0 Å². The molecule has 0 saturated heterocycles. The van der Waals surface area contributed by atoms with Crippen molar-refractivity contribution in [2.75, 3.05) is 6.61 Å². The van der Waals surface area contributed by atoms with Crippen LogP contribution in [0.25, 0.3) is 0 Å². The summed E-state index contributed by atoms with van der Waals surface area (Å²) in [7, 11) is 0. The lowest BCUT2D eigenvalue weighted by Gasteiger charge is -2.08. The van der Waals surface area contributed by atoms with E-state index in [1.165, 1.54) is 18.5 Å². The summed E-state index contributed by atoms with van der Waals surface area (Å²) >= 11 is 0. The van der Waals surface area contributed by atoms with Gasteiger partial charge in [0.15, 0.2) is 0 Å². The van der Waals surface area contributed by atoms with E-state index in [-0.39, 0.29) is 6.54 Å². The van der Waals surface area contributed by atoms with E-state index in [4.69, 9.17) is 10.5 Å². The Morgan fingerprint density at radius 1 is 1.54 bits per heavy atom. The van der Waals surface area contributed by atoms with Crippen molar-refractivity contribution in [2.45, 2.75) is 13.0 Å². The summed E-state index contributed by atoms with van der Waals surface area (Å²) in [6, 6.07) is 1.52. The lowest BCUT2D eigenvalue weighted by molar-refractivity contribution is 0.0814. The Labute approximate surface area is 74.5 Å². The highest BCUT2D eigenvalue weighted by Gasteiger charge is 2.06. The monoisotopic (exact) mass is 188 g/mol. The molecule has 0 amide bonds. The number of hydrogen-bond donors (Lipinski definition) is 1. The molecule has 5 heteroatoms. The molecule has 1 aromatic rings. The van der Waals surface area contributed by atoms with Gasteiger partial charge in [-0.2, -0.15) is 0 Å². The average molecular weight is 188 g/mol. The fourth-order valence-electron chi connectivity index (χ4n) is 0.861. The van der Waals surface area contributed by atoms with Gasteiger partial charge in [0.1, 0.15) is 12.4 Å². The molecule has 13 heavy (non-hydrogen) atoms. The Bertz CT molecular complexity index is 268. The summed E-state index contributed by atoms with van der Waals surface area (Å²) in [5, 5.41) is 0. The van der Waals surface area contributed by atoms with Crippen LogP contribution in [-0.4, -0.2) is 18.0 Å². The van der Waals surface area contributed by atoms with Crippen molar-refractivity contribution in [1.82, 2.24) is 4.98 Å². The van der Waals surface area contributed by atoms with Gasteiger partial charge < -0.3 is 10.5 Å². The van der Waals surface area contributed by atoms with Gasteiger partial charge in [0, 0.05) is 24.5 Å². The van der Waals surface area contributed by atoms with Crippen LogP contribution in [0.2, 0.25) is 0 Å². The molecular weight excluding hydrogens is 178 g/mol. The first kappa shape index (κ1) is 9.85. The number of alkyl halides is 2. The zero-order valence-electron chi connectivity index (χ0n) is 6.91. The van der Waals surface area contributed by atoms with E-state index in [1.807, 2.05) is 0 Å². The SMILES string of the molecule is NCc1cnccc1OCC(F)F. The van der Waals surface area contributed by atoms with Crippen LogP contribution in [0.15, 0.2) is 18.5 Å². The zero-order valence-corrected chi connectivity index (χ0v) is 6.91. The second-order valence-corrected chi connectivity index (χ2v) is 2.39. The Morgan fingerprint density at radius 3 is 2.92 bits per heavy atom. The van der Waals surface area contributed by atoms with E-state index in [0.29, 0.717) is 11.3 Å². The minimum Gasteiger partial charge on any atom is -0.487 e. The zero-order chi connectivity index (χ0) is 9.68. The Kier molecular flexibility index (Phi) is 3.57.